The number of likely N-dealkylation sites (tertiary alicyclic amines) is 1. The molecule has 0 aromatic heterocycles. The summed E-state index contributed by atoms with van der Waals surface area (Å²) < 4.78 is 0. The fourth-order valence-electron chi connectivity index (χ4n) is 3.28. The molecule has 0 N–H and O–H groups in total. The smallest absolute Gasteiger partial charge is 0.254 e. The molecule has 1 aliphatic rings. The normalized spacial score (nSPS) is 16.7. The van der Waals surface area contributed by atoms with Crippen molar-refractivity contribution in [3.05, 3.63) is 71.3 Å². The van der Waals surface area contributed by atoms with Crippen molar-refractivity contribution in [2.75, 3.05) is 6.54 Å². The first kappa shape index (κ1) is 17.1. The lowest BCUT2D eigenvalue weighted by atomic mass is 10.0. The van der Waals surface area contributed by atoms with E-state index in [1.165, 1.54) is 6.92 Å². The number of amides is 1. The van der Waals surface area contributed by atoms with Crippen LogP contribution in [0, 0.1) is 0 Å². The summed E-state index contributed by atoms with van der Waals surface area (Å²) in [5, 5.41) is 0. The Morgan fingerprint density at radius 2 is 1.56 bits per heavy atom. The second-order valence-corrected chi connectivity index (χ2v) is 6.42. The summed E-state index contributed by atoms with van der Waals surface area (Å²) >= 11 is 0. The van der Waals surface area contributed by atoms with Gasteiger partial charge in [0.2, 0.25) is 0 Å². The average Bonchev–Trinajstić information content (AvgIpc) is 3.10. The van der Waals surface area contributed by atoms with Crippen LogP contribution in [0.1, 0.15) is 57.3 Å². The highest BCUT2D eigenvalue weighted by Crippen LogP contribution is 2.24. The molecule has 4 nitrogen and oxygen atoms in total. The molecule has 4 heteroatoms. The number of carbonyl (C=O) groups is 3. The Bertz CT molecular complexity index is 781. The summed E-state index contributed by atoms with van der Waals surface area (Å²) in [6.07, 6.45) is 2.10. The Morgan fingerprint density at radius 3 is 2.20 bits per heavy atom. The Balaban J connectivity index is 1.71. The van der Waals surface area contributed by atoms with Crippen LogP contribution in [0.15, 0.2) is 54.6 Å². The van der Waals surface area contributed by atoms with Gasteiger partial charge in [-0.15, -0.1) is 0 Å². The standard InChI is InChI=1S/C21H21NO3/c1-15(23)16-9-11-18(12-10-16)21(25)22-13-5-8-19(22)14-20(24)17-6-3-2-4-7-17/h2-4,6-7,9-12,19H,5,8,13-14H2,1H3/t19-/m1/s1. The van der Waals surface area contributed by atoms with Gasteiger partial charge in [-0.05, 0) is 31.9 Å². The minimum absolute atomic E-state index is 0.0218. The van der Waals surface area contributed by atoms with E-state index >= 15 is 0 Å². The van der Waals surface area contributed by atoms with Crippen LogP contribution >= 0.6 is 0 Å². The topological polar surface area (TPSA) is 54.5 Å². The van der Waals surface area contributed by atoms with Crippen LogP contribution in [0.5, 0.6) is 0 Å². The molecule has 2 aromatic carbocycles. The van der Waals surface area contributed by atoms with Crippen LogP contribution in [0.3, 0.4) is 0 Å². The lowest BCUT2D eigenvalue weighted by Crippen LogP contribution is -2.36. The van der Waals surface area contributed by atoms with Crippen molar-refractivity contribution >= 4 is 17.5 Å². The van der Waals surface area contributed by atoms with Gasteiger partial charge in [0, 0.05) is 35.7 Å². The fourth-order valence-corrected chi connectivity index (χ4v) is 3.28. The number of ketones is 2. The van der Waals surface area contributed by atoms with Gasteiger partial charge in [-0.1, -0.05) is 42.5 Å². The van der Waals surface area contributed by atoms with E-state index < -0.39 is 0 Å². The first-order valence-electron chi connectivity index (χ1n) is 8.56. The molecule has 1 aliphatic heterocycles. The first-order valence-corrected chi connectivity index (χ1v) is 8.56. The van der Waals surface area contributed by atoms with Gasteiger partial charge >= 0.3 is 0 Å². The Morgan fingerprint density at radius 1 is 0.920 bits per heavy atom. The van der Waals surface area contributed by atoms with E-state index in [-0.39, 0.29) is 23.5 Å². The summed E-state index contributed by atoms with van der Waals surface area (Å²) in [6.45, 7) is 2.17. The van der Waals surface area contributed by atoms with Gasteiger partial charge in [-0.3, -0.25) is 14.4 Å². The molecule has 128 valence electrons. The van der Waals surface area contributed by atoms with Crippen molar-refractivity contribution in [2.45, 2.75) is 32.2 Å². The molecule has 0 saturated carbocycles. The van der Waals surface area contributed by atoms with Crippen molar-refractivity contribution < 1.29 is 14.4 Å². The summed E-state index contributed by atoms with van der Waals surface area (Å²) in [6, 6.07) is 15.9. The van der Waals surface area contributed by atoms with E-state index in [0.717, 1.165) is 12.8 Å². The second kappa shape index (κ2) is 7.43. The minimum Gasteiger partial charge on any atom is -0.335 e. The summed E-state index contributed by atoms with van der Waals surface area (Å²) in [4.78, 5) is 38.4. The van der Waals surface area contributed by atoms with Crippen LogP contribution in [-0.2, 0) is 0 Å². The zero-order valence-corrected chi connectivity index (χ0v) is 14.3. The molecule has 0 spiro atoms. The summed E-state index contributed by atoms with van der Waals surface area (Å²) in [5.41, 5.74) is 1.84. The summed E-state index contributed by atoms with van der Waals surface area (Å²) in [7, 11) is 0. The Hall–Kier alpha value is -2.75. The van der Waals surface area contributed by atoms with E-state index in [2.05, 4.69) is 0 Å². The van der Waals surface area contributed by atoms with E-state index in [9.17, 15) is 14.4 Å². The highest BCUT2D eigenvalue weighted by Gasteiger charge is 2.31. The second-order valence-electron chi connectivity index (χ2n) is 6.42. The molecule has 0 radical (unpaired) electrons. The van der Waals surface area contributed by atoms with Crippen molar-refractivity contribution in [3.8, 4) is 0 Å². The number of carbonyl (C=O) groups excluding carboxylic acids is 3. The molecule has 25 heavy (non-hydrogen) atoms. The Labute approximate surface area is 147 Å². The van der Waals surface area contributed by atoms with Crippen molar-refractivity contribution in [1.29, 1.82) is 0 Å². The molecule has 2 aromatic rings. The SMILES string of the molecule is CC(=O)c1ccc(C(=O)N2CCC[C@@H]2CC(=O)c2ccccc2)cc1. The Kier molecular flexibility index (Phi) is 5.08. The van der Waals surface area contributed by atoms with E-state index in [0.29, 0.717) is 29.7 Å². The molecule has 1 heterocycles. The molecule has 1 amide bonds. The summed E-state index contributed by atoms with van der Waals surface area (Å²) in [5.74, 6) is -0.0257. The zero-order chi connectivity index (χ0) is 17.8. The monoisotopic (exact) mass is 335 g/mol. The number of hydrogen-bond acceptors (Lipinski definition) is 3. The van der Waals surface area contributed by atoms with Crippen molar-refractivity contribution in [2.24, 2.45) is 0 Å². The third-order valence-electron chi connectivity index (χ3n) is 4.69. The lowest BCUT2D eigenvalue weighted by molar-refractivity contribution is 0.0716. The van der Waals surface area contributed by atoms with Gasteiger partial charge in [0.05, 0.1) is 0 Å². The third kappa shape index (κ3) is 3.85. The van der Waals surface area contributed by atoms with Crippen LogP contribution < -0.4 is 0 Å². The number of benzene rings is 2. The number of hydrogen-bond donors (Lipinski definition) is 0. The molecular formula is C21H21NO3. The highest BCUT2D eigenvalue weighted by molar-refractivity contribution is 5.99. The van der Waals surface area contributed by atoms with Crippen LogP contribution in [-0.4, -0.2) is 35.0 Å². The molecular weight excluding hydrogens is 314 g/mol. The van der Waals surface area contributed by atoms with E-state index in [4.69, 9.17) is 0 Å². The minimum atomic E-state index is -0.0709. The van der Waals surface area contributed by atoms with Gasteiger partial charge < -0.3 is 4.90 Å². The lowest BCUT2D eigenvalue weighted by Gasteiger charge is -2.24. The third-order valence-corrected chi connectivity index (χ3v) is 4.69. The van der Waals surface area contributed by atoms with Gasteiger partial charge in [-0.25, -0.2) is 0 Å². The fraction of sp³-hybridized carbons (Fsp3) is 0.286. The highest BCUT2D eigenvalue weighted by atomic mass is 16.2. The number of Topliss-reactive ketones (excluding diaryl/α,β-unsaturated/α-hetero) is 2. The molecule has 1 saturated heterocycles. The van der Waals surface area contributed by atoms with Crippen LogP contribution in [0.25, 0.3) is 0 Å². The maximum absolute atomic E-state index is 12.8. The van der Waals surface area contributed by atoms with Gasteiger partial charge in [0.1, 0.15) is 0 Å². The van der Waals surface area contributed by atoms with Crippen LogP contribution in [0.2, 0.25) is 0 Å². The molecule has 0 bridgehead atoms. The quantitative estimate of drug-likeness (QED) is 0.782. The molecule has 0 unspecified atom stereocenters. The maximum Gasteiger partial charge on any atom is 0.254 e. The van der Waals surface area contributed by atoms with Gasteiger partial charge in [0.15, 0.2) is 11.6 Å². The number of rotatable bonds is 5. The predicted octanol–water partition coefficient (Wildman–Crippen LogP) is 3.77. The van der Waals surface area contributed by atoms with Gasteiger partial charge in [0.25, 0.3) is 5.91 Å². The van der Waals surface area contributed by atoms with Crippen molar-refractivity contribution in [3.63, 3.8) is 0 Å². The molecule has 1 atom stereocenters. The maximum atomic E-state index is 12.8. The molecule has 0 aliphatic carbocycles. The van der Waals surface area contributed by atoms with Crippen LogP contribution in [0.4, 0.5) is 0 Å². The molecule has 3 rings (SSSR count). The number of nitrogens with zero attached hydrogens (tertiary/aromatic N) is 1. The molecule has 1 fully saturated rings. The van der Waals surface area contributed by atoms with Gasteiger partial charge in [-0.2, -0.15) is 0 Å². The first-order chi connectivity index (χ1) is 12.1. The van der Waals surface area contributed by atoms with Crippen molar-refractivity contribution in [1.82, 2.24) is 4.90 Å². The average molecular weight is 335 g/mol. The largest absolute Gasteiger partial charge is 0.335 e. The predicted molar refractivity (Wildman–Crippen MR) is 95.9 cm³/mol. The zero-order valence-electron chi connectivity index (χ0n) is 14.3. The van der Waals surface area contributed by atoms with E-state index in [1.807, 2.05) is 30.3 Å². The van der Waals surface area contributed by atoms with E-state index in [1.54, 1.807) is 29.2 Å².